The second kappa shape index (κ2) is 11.5. The molecule has 0 saturated carbocycles. The van der Waals surface area contributed by atoms with Crippen LogP contribution in [0.1, 0.15) is 56.2 Å². The minimum absolute atomic E-state index is 0.0616. The number of amides is 2. The van der Waals surface area contributed by atoms with Crippen molar-refractivity contribution in [2.45, 2.75) is 25.3 Å². The van der Waals surface area contributed by atoms with Crippen molar-refractivity contribution in [3.8, 4) is 5.75 Å². The number of hydrogen-bond acceptors (Lipinski definition) is 6. The van der Waals surface area contributed by atoms with E-state index in [2.05, 4.69) is 20.5 Å². The van der Waals surface area contributed by atoms with Gasteiger partial charge in [-0.3, -0.25) is 14.6 Å². The molecule has 0 saturated heterocycles. The summed E-state index contributed by atoms with van der Waals surface area (Å²) in [7, 11) is 2.66. The summed E-state index contributed by atoms with van der Waals surface area (Å²) < 4.78 is 84.5. The van der Waals surface area contributed by atoms with E-state index in [9.17, 15) is 35.9 Å². The van der Waals surface area contributed by atoms with Gasteiger partial charge >= 0.3 is 12.4 Å². The van der Waals surface area contributed by atoms with E-state index in [0.29, 0.717) is 23.4 Å². The van der Waals surface area contributed by atoms with Crippen LogP contribution in [0.5, 0.6) is 5.75 Å². The SMILES string of the molecule is COc1ccc(/C=N/NC(=O)c2nccnc2C(C)N(C)C(=O)c2cc(C(F)(F)F)cc(C(F)(F)F)c2)cc1. The van der Waals surface area contributed by atoms with Crippen molar-refractivity contribution in [3.63, 3.8) is 0 Å². The zero-order chi connectivity index (χ0) is 29.0. The van der Waals surface area contributed by atoms with Gasteiger partial charge in [0.2, 0.25) is 0 Å². The summed E-state index contributed by atoms with van der Waals surface area (Å²) in [6.45, 7) is 1.39. The second-order valence-electron chi connectivity index (χ2n) is 8.15. The number of halogens is 6. The minimum atomic E-state index is -5.12. The molecule has 0 bridgehead atoms. The van der Waals surface area contributed by atoms with Gasteiger partial charge < -0.3 is 9.64 Å². The Morgan fingerprint density at radius 1 is 0.974 bits per heavy atom. The molecule has 0 radical (unpaired) electrons. The molecule has 1 unspecified atom stereocenters. The van der Waals surface area contributed by atoms with Gasteiger partial charge in [0.1, 0.15) is 5.75 Å². The molecule has 0 aliphatic rings. The van der Waals surface area contributed by atoms with Crippen molar-refractivity contribution in [2.75, 3.05) is 14.2 Å². The average molecular weight is 553 g/mol. The van der Waals surface area contributed by atoms with Gasteiger partial charge in [-0.05, 0) is 55.0 Å². The van der Waals surface area contributed by atoms with Crippen molar-refractivity contribution in [1.29, 1.82) is 0 Å². The van der Waals surface area contributed by atoms with Crippen LogP contribution < -0.4 is 10.2 Å². The Bertz CT molecular complexity index is 1340. The second-order valence-corrected chi connectivity index (χ2v) is 8.15. The van der Waals surface area contributed by atoms with E-state index in [1.807, 2.05) is 0 Å². The van der Waals surface area contributed by atoms with Crippen LogP contribution in [0.3, 0.4) is 0 Å². The van der Waals surface area contributed by atoms with Crippen LogP contribution in [0.4, 0.5) is 26.3 Å². The molecule has 0 aliphatic heterocycles. The normalized spacial score (nSPS) is 12.7. The Balaban J connectivity index is 1.85. The maximum atomic E-state index is 13.2. The Kier molecular flexibility index (Phi) is 8.57. The third kappa shape index (κ3) is 7.09. The zero-order valence-electron chi connectivity index (χ0n) is 20.6. The molecule has 0 aliphatic carbocycles. The highest BCUT2D eigenvalue weighted by atomic mass is 19.4. The van der Waals surface area contributed by atoms with Gasteiger partial charge in [-0.2, -0.15) is 31.4 Å². The Morgan fingerprint density at radius 2 is 1.54 bits per heavy atom. The largest absolute Gasteiger partial charge is 0.497 e. The summed E-state index contributed by atoms with van der Waals surface area (Å²) in [5.74, 6) is -1.35. The van der Waals surface area contributed by atoms with Gasteiger partial charge in [-0.1, -0.05) is 0 Å². The number of nitrogens with zero attached hydrogens (tertiary/aromatic N) is 4. The smallest absolute Gasteiger partial charge is 0.416 e. The van der Waals surface area contributed by atoms with Crippen LogP contribution in [-0.4, -0.2) is 47.1 Å². The highest BCUT2D eigenvalue weighted by Gasteiger charge is 2.38. The van der Waals surface area contributed by atoms with Crippen LogP contribution in [0.25, 0.3) is 0 Å². The Hall–Kier alpha value is -4.49. The number of hydrazone groups is 1. The lowest BCUT2D eigenvalue weighted by molar-refractivity contribution is -0.143. The molecule has 2 amide bonds. The predicted molar refractivity (Wildman–Crippen MR) is 127 cm³/mol. The van der Waals surface area contributed by atoms with Gasteiger partial charge in [0.25, 0.3) is 11.8 Å². The topological polar surface area (TPSA) is 96.8 Å². The van der Waals surface area contributed by atoms with Gasteiger partial charge in [-0.15, -0.1) is 0 Å². The number of hydrogen-bond donors (Lipinski definition) is 1. The summed E-state index contributed by atoms with van der Waals surface area (Å²) in [6.07, 6.45) is -6.49. The standard InChI is InChI=1S/C25H21F6N5O3/c1-14(36(2)23(38)16-10-17(24(26,27)28)12-18(11-16)25(29,30)31)20-21(33-9-8-32-20)22(37)35-34-13-15-4-6-19(39-3)7-5-15/h4-14H,1-3H3,(H,35,37)/b34-13+. The van der Waals surface area contributed by atoms with E-state index in [1.54, 1.807) is 24.3 Å². The number of ether oxygens (including phenoxy) is 1. The number of methoxy groups -OCH3 is 1. The van der Waals surface area contributed by atoms with Gasteiger partial charge in [0.15, 0.2) is 5.69 Å². The fourth-order valence-corrected chi connectivity index (χ4v) is 3.38. The number of nitrogens with one attached hydrogen (secondary N) is 1. The van der Waals surface area contributed by atoms with E-state index in [1.165, 1.54) is 32.6 Å². The molecular formula is C25H21F6N5O3. The van der Waals surface area contributed by atoms with Crippen molar-refractivity contribution >= 4 is 18.0 Å². The Labute approximate surface area is 218 Å². The third-order valence-electron chi connectivity index (χ3n) is 5.57. The number of benzene rings is 2. The first kappa shape index (κ1) is 29.1. The first-order chi connectivity index (χ1) is 18.2. The minimum Gasteiger partial charge on any atom is -0.497 e. The fraction of sp³-hybridized carbons (Fsp3) is 0.240. The third-order valence-corrected chi connectivity index (χ3v) is 5.57. The van der Waals surface area contributed by atoms with Crippen molar-refractivity contribution in [1.82, 2.24) is 20.3 Å². The highest BCUT2D eigenvalue weighted by molar-refractivity contribution is 5.96. The van der Waals surface area contributed by atoms with E-state index in [4.69, 9.17) is 4.74 Å². The highest BCUT2D eigenvalue weighted by Crippen LogP contribution is 2.37. The quantitative estimate of drug-likeness (QED) is 0.249. The van der Waals surface area contributed by atoms with Gasteiger partial charge in [0.05, 0.1) is 36.2 Å². The molecule has 1 aromatic heterocycles. The molecule has 0 fully saturated rings. The molecule has 1 heterocycles. The first-order valence-corrected chi connectivity index (χ1v) is 11.1. The number of alkyl halides is 6. The molecule has 0 spiro atoms. The number of carbonyl (C=O) groups excluding carboxylic acids is 2. The van der Waals surface area contributed by atoms with Crippen molar-refractivity contribution in [3.05, 3.63) is 88.5 Å². The van der Waals surface area contributed by atoms with Crippen LogP contribution in [0, 0.1) is 0 Å². The van der Waals surface area contributed by atoms with Crippen molar-refractivity contribution in [2.24, 2.45) is 5.10 Å². The predicted octanol–water partition coefficient (Wildman–Crippen LogP) is 5.12. The summed E-state index contributed by atoms with van der Waals surface area (Å²) in [4.78, 5) is 34.6. The van der Waals surface area contributed by atoms with E-state index >= 15 is 0 Å². The summed E-state index contributed by atoms with van der Waals surface area (Å²) in [5, 5.41) is 3.84. The monoisotopic (exact) mass is 553 g/mol. The molecule has 8 nitrogen and oxygen atoms in total. The Morgan fingerprint density at radius 3 is 2.08 bits per heavy atom. The number of aromatic nitrogens is 2. The molecule has 206 valence electrons. The van der Waals surface area contributed by atoms with Crippen LogP contribution >= 0.6 is 0 Å². The molecule has 14 heteroatoms. The molecular weight excluding hydrogens is 532 g/mol. The van der Waals surface area contributed by atoms with E-state index in [0.717, 1.165) is 11.9 Å². The van der Waals surface area contributed by atoms with Gasteiger partial charge in [0, 0.05) is 25.0 Å². The molecule has 3 aromatic rings. The maximum absolute atomic E-state index is 13.2. The molecule has 3 rings (SSSR count). The fourth-order valence-electron chi connectivity index (χ4n) is 3.38. The summed E-state index contributed by atoms with van der Waals surface area (Å²) in [6, 6.07) is 6.24. The summed E-state index contributed by atoms with van der Waals surface area (Å²) in [5.41, 5.74) is -1.52. The van der Waals surface area contributed by atoms with Gasteiger partial charge in [-0.25, -0.2) is 10.4 Å². The number of rotatable bonds is 7. The summed E-state index contributed by atoms with van der Waals surface area (Å²) >= 11 is 0. The average Bonchev–Trinajstić information content (AvgIpc) is 2.90. The molecule has 1 N–H and O–H groups in total. The van der Waals surface area contributed by atoms with E-state index < -0.39 is 46.9 Å². The van der Waals surface area contributed by atoms with Crippen molar-refractivity contribution < 1.29 is 40.7 Å². The first-order valence-electron chi connectivity index (χ1n) is 11.1. The van der Waals surface area contributed by atoms with Crippen LogP contribution in [0.15, 0.2) is 60.0 Å². The molecule has 2 aromatic carbocycles. The van der Waals surface area contributed by atoms with Crippen LogP contribution in [0.2, 0.25) is 0 Å². The van der Waals surface area contributed by atoms with E-state index in [-0.39, 0.29) is 17.5 Å². The molecule has 1 atom stereocenters. The zero-order valence-corrected chi connectivity index (χ0v) is 20.6. The maximum Gasteiger partial charge on any atom is 0.416 e. The van der Waals surface area contributed by atoms with Crippen LogP contribution in [-0.2, 0) is 12.4 Å². The lowest BCUT2D eigenvalue weighted by Gasteiger charge is -2.26. The molecule has 39 heavy (non-hydrogen) atoms. The number of carbonyl (C=O) groups is 2. The lowest BCUT2D eigenvalue weighted by Crippen LogP contribution is -2.33. The lowest BCUT2D eigenvalue weighted by atomic mass is 10.0.